The van der Waals surface area contributed by atoms with Gasteiger partial charge in [-0.3, -0.25) is 28.9 Å². The first-order chi connectivity index (χ1) is 9.54. The maximum absolute atomic E-state index is 12.1. The molecule has 1 heterocycles. The molecule has 0 aliphatic carbocycles. The average Bonchev–Trinajstić information content (AvgIpc) is 2.45. The van der Waals surface area contributed by atoms with Crippen LogP contribution >= 0.6 is 0 Å². The monoisotopic (exact) mass is 274 g/mol. The molecule has 20 heavy (non-hydrogen) atoms. The molecule has 1 aromatic carbocycles. The van der Waals surface area contributed by atoms with Gasteiger partial charge in [0.2, 0.25) is 0 Å². The van der Waals surface area contributed by atoms with Crippen molar-refractivity contribution in [1.82, 2.24) is 14.6 Å². The van der Waals surface area contributed by atoms with Crippen LogP contribution in [0.5, 0.6) is 0 Å². The highest BCUT2D eigenvalue weighted by Gasteiger charge is 2.10. The van der Waals surface area contributed by atoms with Crippen LogP contribution in [0.3, 0.4) is 0 Å². The maximum Gasteiger partial charge on any atom is 0.320 e. The van der Waals surface area contributed by atoms with E-state index in [0.717, 1.165) is 10.1 Å². The number of nitrogens with zero attached hydrogens (tertiary/aromatic N) is 2. The average molecular weight is 274 g/mol. The lowest BCUT2D eigenvalue weighted by Gasteiger charge is -2.10. The first-order valence-electron chi connectivity index (χ1n) is 5.92. The smallest absolute Gasteiger partial charge is 0.300 e. The van der Waals surface area contributed by atoms with Gasteiger partial charge in [-0.2, -0.15) is 0 Å². The van der Waals surface area contributed by atoms with Gasteiger partial charge in [0, 0.05) is 12.4 Å². The maximum atomic E-state index is 12.1. The highest BCUT2D eigenvalue weighted by atomic mass is 16.2. The first-order valence-corrected chi connectivity index (χ1v) is 5.92. The van der Waals surface area contributed by atoms with Crippen molar-refractivity contribution >= 4 is 5.91 Å². The molecular weight excluding hydrogens is 260 g/mol. The van der Waals surface area contributed by atoms with E-state index in [1.165, 1.54) is 17.0 Å². The lowest BCUT2D eigenvalue weighted by Crippen LogP contribution is -2.43. The molecule has 0 unspecified atom stereocenters. The highest BCUT2D eigenvalue weighted by Crippen LogP contribution is 2.09. The largest absolute Gasteiger partial charge is 0.320 e. The van der Waals surface area contributed by atoms with Crippen LogP contribution in [-0.4, -0.2) is 15.0 Å². The summed E-state index contributed by atoms with van der Waals surface area (Å²) in [6, 6.07) is 7.21. The minimum Gasteiger partial charge on any atom is -0.300 e. The number of hydrazine groups is 1. The molecule has 0 atom stereocenters. The molecule has 0 saturated carbocycles. The van der Waals surface area contributed by atoms with E-state index in [9.17, 15) is 14.4 Å². The molecule has 2 aromatic rings. The number of hydrogen-bond acceptors (Lipinski definition) is 4. The summed E-state index contributed by atoms with van der Waals surface area (Å²) < 4.78 is 2.27. The second-order valence-corrected chi connectivity index (χ2v) is 4.26. The van der Waals surface area contributed by atoms with E-state index in [2.05, 4.69) is 0 Å². The summed E-state index contributed by atoms with van der Waals surface area (Å²) in [4.78, 5) is 35.2. The van der Waals surface area contributed by atoms with Crippen LogP contribution in [0, 0.1) is 6.92 Å². The van der Waals surface area contributed by atoms with Gasteiger partial charge in [-0.1, -0.05) is 18.2 Å². The van der Waals surface area contributed by atoms with Crippen LogP contribution in [0.4, 0.5) is 0 Å². The number of para-hydroxylation sites is 1. The molecule has 3 N–H and O–H groups in total. The van der Waals surface area contributed by atoms with Gasteiger partial charge < -0.3 is 0 Å². The molecule has 0 aliphatic heterocycles. The van der Waals surface area contributed by atoms with Crippen molar-refractivity contribution in [2.45, 2.75) is 13.5 Å². The van der Waals surface area contributed by atoms with Crippen LogP contribution in [-0.2, 0) is 11.3 Å². The van der Waals surface area contributed by atoms with E-state index in [1.54, 1.807) is 12.1 Å². The zero-order valence-corrected chi connectivity index (χ0v) is 10.9. The molecular formula is C13H14N4O3. The van der Waals surface area contributed by atoms with E-state index in [-0.39, 0.29) is 6.54 Å². The molecule has 104 valence electrons. The number of aromatic nitrogens is 2. The molecule has 1 amide bonds. The quantitative estimate of drug-likeness (QED) is 0.334. The van der Waals surface area contributed by atoms with Crippen LogP contribution in [0.25, 0.3) is 5.69 Å². The van der Waals surface area contributed by atoms with Gasteiger partial charge in [-0.15, -0.1) is 0 Å². The number of nitrogens with one attached hydrogen (secondary N) is 1. The fourth-order valence-corrected chi connectivity index (χ4v) is 1.86. The van der Waals surface area contributed by atoms with Gasteiger partial charge in [0.1, 0.15) is 6.54 Å². The Hall–Kier alpha value is -2.67. The highest BCUT2D eigenvalue weighted by molar-refractivity contribution is 5.74. The Morgan fingerprint density at radius 1 is 1.20 bits per heavy atom. The number of aryl methyl sites for hydroxylation is 1. The van der Waals surface area contributed by atoms with Crippen LogP contribution in [0.15, 0.2) is 46.2 Å². The fourth-order valence-electron chi connectivity index (χ4n) is 1.86. The molecule has 0 saturated heterocycles. The molecule has 1 aromatic heterocycles. The Labute approximate surface area is 114 Å². The van der Waals surface area contributed by atoms with Crippen molar-refractivity contribution in [1.29, 1.82) is 0 Å². The van der Waals surface area contributed by atoms with Crippen molar-refractivity contribution < 1.29 is 4.79 Å². The third-order valence-corrected chi connectivity index (χ3v) is 2.91. The van der Waals surface area contributed by atoms with Gasteiger partial charge in [-0.25, -0.2) is 5.84 Å². The van der Waals surface area contributed by atoms with E-state index in [0.29, 0.717) is 5.69 Å². The molecule has 7 nitrogen and oxygen atoms in total. The molecule has 2 rings (SSSR count). The second-order valence-electron chi connectivity index (χ2n) is 4.26. The van der Waals surface area contributed by atoms with Crippen LogP contribution in [0.1, 0.15) is 5.56 Å². The SMILES string of the molecule is Cc1ccccc1-n1ccn(CC(=O)NN)c(=O)c1=O. The minimum absolute atomic E-state index is 0.292. The third-order valence-electron chi connectivity index (χ3n) is 2.91. The van der Waals surface area contributed by atoms with Crippen molar-refractivity contribution in [2.75, 3.05) is 0 Å². The Kier molecular flexibility index (Phi) is 3.81. The van der Waals surface area contributed by atoms with Crippen LogP contribution in [0.2, 0.25) is 0 Å². The molecule has 0 spiro atoms. The number of carbonyl (C=O) groups is 1. The molecule has 7 heteroatoms. The van der Waals surface area contributed by atoms with E-state index in [4.69, 9.17) is 5.84 Å². The standard InChI is InChI=1S/C13H14N4O3/c1-9-4-2-3-5-10(9)17-7-6-16(8-11(18)15-14)12(19)13(17)20/h2-7H,8,14H2,1H3,(H,15,18). The predicted molar refractivity (Wildman–Crippen MR) is 73.4 cm³/mol. The third kappa shape index (κ3) is 2.52. The predicted octanol–water partition coefficient (Wildman–Crippen LogP) is -0.702. The van der Waals surface area contributed by atoms with Crippen molar-refractivity contribution in [3.63, 3.8) is 0 Å². The topological polar surface area (TPSA) is 99.1 Å². The lowest BCUT2D eigenvalue weighted by atomic mass is 10.2. The first kappa shape index (κ1) is 13.8. The lowest BCUT2D eigenvalue weighted by molar-refractivity contribution is -0.121. The van der Waals surface area contributed by atoms with Gasteiger partial charge in [-0.05, 0) is 18.6 Å². The Morgan fingerprint density at radius 2 is 1.90 bits per heavy atom. The Bertz CT molecular complexity index is 761. The number of nitrogens with two attached hydrogens (primary N) is 1. The summed E-state index contributed by atoms with van der Waals surface area (Å²) in [5, 5.41) is 0. The van der Waals surface area contributed by atoms with Gasteiger partial charge >= 0.3 is 11.1 Å². The van der Waals surface area contributed by atoms with Gasteiger partial charge in [0.15, 0.2) is 0 Å². The number of hydrogen-bond donors (Lipinski definition) is 2. The Balaban J connectivity index is 2.53. The summed E-state index contributed by atoms with van der Waals surface area (Å²) in [7, 11) is 0. The summed E-state index contributed by atoms with van der Waals surface area (Å²) in [6.45, 7) is 1.55. The summed E-state index contributed by atoms with van der Waals surface area (Å²) in [6.07, 6.45) is 2.83. The number of benzene rings is 1. The molecule has 0 radical (unpaired) electrons. The minimum atomic E-state index is -0.778. The number of amides is 1. The van der Waals surface area contributed by atoms with Gasteiger partial charge in [0.05, 0.1) is 5.69 Å². The van der Waals surface area contributed by atoms with E-state index < -0.39 is 17.0 Å². The van der Waals surface area contributed by atoms with Crippen LogP contribution < -0.4 is 22.4 Å². The fraction of sp³-hybridized carbons (Fsp3) is 0.154. The zero-order valence-electron chi connectivity index (χ0n) is 10.9. The second kappa shape index (κ2) is 5.54. The number of carbonyl (C=O) groups excluding carboxylic acids is 1. The van der Waals surface area contributed by atoms with Crippen molar-refractivity contribution in [2.24, 2.45) is 5.84 Å². The van der Waals surface area contributed by atoms with Crippen molar-refractivity contribution in [3.8, 4) is 5.69 Å². The molecule has 0 fully saturated rings. The summed E-state index contributed by atoms with van der Waals surface area (Å²) in [5.41, 5.74) is 1.91. The Morgan fingerprint density at radius 3 is 2.55 bits per heavy atom. The van der Waals surface area contributed by atoms with E-state index >= 15 is 0 Å². The van der Waals surface area contributed by atoms with E-state index in [1.807, 2.05) is 24.5 Å². The summed E-state index contributed by atoms with van der Waals surface area (Å²) in [5.74, 6) is 4.40. The summed E-state index contributed by atoms with van der Waals surface area (Å²) >= 11 is 0. The molecule has 0 aliphatic rings. The molecule has 0 bridgehead atoms. The zero-order chi connectivity index (χ0) is 14.7. The van der Waals surface area contributed by atoms with Crippen molar-refractivity contribution in [3.05, 3.63) is 62.9 Å². The van der Waals surface area contributed by atoms with Gasteiger partial charge in [0.25, 0.3) is 5.91 Å². The normalized spacial score (nSPS) is 10.3. The number of rotatable bonds is 3.